The van der Waals surface area contributed by atoms with E-state index >= 15 is 0 Å². The van der Waals surface area contributed by atoms with Crippen LogP contribution in [-0.2, 0) is 6.54 Å². The first-order valence-electron chi connectivity index (χ1n) is 8.65. The van der Waals surface area contributed by atoms with Gasteiger partial charge in [0.15, 0.2) is 11.5 Å². The molecule has 1 aromatic carbocycles. The predicted octanol–water partition coefficient (Wildman–Crippen LogP) is 2.00. The summed E-state index contributed by atoms with van der Waals surface area (Å²) < 4.78 is 1.88. The average Bonchev–Trinajstić information content (AvgIpc) is 3.24. The summed E-state index contributed by atoms with van der Waals surface area (Å²) in [5.74, 6) is 1.11. The van der Waals surface area contributed by atoms with Crippen LogP contribution in [0.3, 0.4) is 0 Å². The van der Waals surface area contributed by atoms with E-state index in [0.29, 0.717) is 28.5 Å². The maximum Gasteiger partial charge on any atom is 0.165 e. The molecule has 26 heavy (non-hydrogen) atoms. The van der Waals surface area contributed by atoms with Gasteiger partial charge in [-0.15, -0.1) is 0 Å². The van der Waals surface area contributed by atoms with Gasteiger partial charge in [-0.25, -0.2) is 15.0 Å². The van der Waals surface area contributed by atoms with E-state index in [4.69, 9.17) is 11.6 Å². The van der Waals surface area contributed by atoms with Crippen LogP contribution in [0.15, 0.2) is 36.9 Å². The molecule has 2 heterocycles. The highest BCUT2D eigenvalue weighted by Crippen LogP contribution is 2.57. The number of imidazole rings is 1. The SMILES string of the molecule is O[C@@H]1[C@H](O)[C@H]2C[C@H]2[C@H]1n1cnc2c(NCc3cccc(Cl)c3)ncnc21. The van der Waals surface area contributed by atoms with Crippen LogP contribution in [0, 0.1) is 11.8 Å². The number of fused-ring (bicyclic) bond motifs is 2. The minimum Gasteiger partial charge on any atom is -0.390 e. The predicted molar refractivity (Wildman–Crippen MR) is 96.7 cm³/mol. The van der Waals surface area contributed by atoms with Crippen molar-refractivity contribution in [3.63, 3.8) is 0 Å². The van der Waals surface area contributed by atoms with Crippen LogP contribution in [-0.4, -0.2) is 41.9 Å². The quantitative estimate of drug-likeness (QED) is 0.649. The number of hydrogen-bond donors (Lipinski definition) is 3. The molecule has 2 aliphatic carbocycles. The molecule has 2 aromatic heterocycles. The molecule has 0 bridgehead atoms. The van der Waals surface area contributed by atoms with Crippen molar-refractivity contribution < 1.29 is 10.2 Å². The van der Waals surface area contributed by atoms with Crippen LogP contribution in [0.1, 0.15) is 18.0 Å². The zero-order valence-electron chi connectivity index (χ0n) is 13.8. The zero-order chi connectivity index (χ0) is 17.8. The number of hydrogen-bond acceptors (Lipinski definition) is 6. The summed E-state index contributed by atoms with van der Waals surface area (Å²) in [4.78, 5) is 13.1. The standard InChI is InChI=1S/C18H18ClN5O2/c19-10-3-1-2-9(4-10)6-20-17-13-18(22-7-21-17)24(8-23-13)14-11-5-12(11)15(25)16(14)26/h1-4,7-8,11-12,14-16,25-26H,5-6H2,(H,20,21,22)/t11-,12+,14-,15-,16+/m1/s1. The molecule has 3 aromatic rings. The third kappa shape index (κ3) is 2.46. The summed E-state index contributed by atoms with van der Waals surface area (Å²) in [6.45, 7) is 0.564. The fraction of sp³-hybridized carbons (Fsp3) is 0.389. The first-order chi connectivity index (χ1) is 12.6. The summed E-state index contributed by atoms with van der Waals surface area (Å²) in [7, 11) is 0. The maximum atomic E-state index is 10.4. The second-order valence-corrected chi connectivity index (χ2v) is 7.50. The van der Waals surface area contributed by atoms with Gasteiger partial charge in [-0.05, 0) is 36.0 Å². The van der Waals surface area contributed by atoms with Gasteiger partial charge in [-0.3, -0.25) is 0 Å². The Hall–Kier alpha value is -2.22. The third-order valence-electron chi connectivity index (χ3n) is 5.50. The van der Waals surface area contributed by atoms with E-state index < -0.39 is 12.2 Å². The first-order valence-corrected chi connectivity index (χ1v) is 9.03. The van der Waals surface area contributed by atoms with Crippen molar-refractivity contribution >= 4 is 28.6 Å². The summed E-state index contributed by atoms with van der Waals surface area (Å²) in [6.07, 6.45) is 2.67. The van der Waals surface area contributed by atoms with Crippen LogP contribution in [0.4, 0.5) is 5.82 Å². The molecule has 0 radical (unpaired) electrons. The van der Waals surface area contributed by atoms with Gasteiger partial charge in [-0.1, -0.05) is 23.7 Å². The second kappa shape index (κ2) is 5.90. The average molecular weight is 372 g/mol. The normalized spacial score (nSPS) is 29.7. The largest absolute Gasteiger partial charge is 0.390 e. The summed E-state index contributed by atoms with van der Waals surface area (Å²) in [5, 5.41) is 24.4. The molecule has 134 valence electrons. The van der Waals surface area contributed by atoms with Gasteiger partial charge >= 0.3 is 0 Å². The molecule has 2 saturated carbocycles. The number of aliphatic hydroxyl groups excluding tert-OH is 2. The smallest absolute Gasteiger partial charge is 0.165 e. The van der Waals surface area contributed by atoms with Gasteiger partial charge in [0.05, 0.1) is 18.5 Å². The number of benzene rings is 1. The Labute approximate surface area is 154 Å². The Kier molecular flexibility index (Phi) is 3.63. The number of aliphatic hydroxyl groups is 2. The highest BCUT2D eigenvalue weighted by Gasteiger charge is 2.60. The number of halogens is 1. The highest BCUT2D eigenvalue weighted by atomic mass is 35.5. The van der Waals surface area contributed by atoms with Crippen molar-refractivity contribution in [2.75, 3.05) is 5.32 Å². The highest BCUT2D eigenvalue weighted by molar-refractivity contribution is 6.30. The Morgan fingerprint density at radius 1 is 1.15 bits per heavy atom. The summed E-state index contributed by atoms with van der Waals surface area (Å²) in [5.41, 5.74) is 2.36. The van der Waals surface area contributed by atoms with Crippen LogP contribution in [0.25, 0.3) is 11.2 Å². The lowest BCUT2D eigenvalue weighted by Gasteiger charge is -2.22. The lowest BCUT2D eigenvalue weighted by atomic mass is 10.1. The van der Waals surface area contributed by atoms with Crippen molar-refractivity contribution in [2.24, 2.45) is 11.8 Å². The molecule has 0 unspecified atom stereocenters. The Morgan fingerprint density at radius 3 is 2.81 bits per heavy atom. The number of aromatic nitrogens is 4. The van der Waals surface area contributed by atoms with Gasteiger partial charge in [0.2, 0.25) is 0 Å². The lowest BCUT2D eigenvalue weighted by Crippen LogP contribution is -2.31. The first kappa shape index (κ1) is 16.0. The van der Waals surface area contributed by atoms with E-state index in [9.17, 15) is 10.2 Å². The second-order valence-electron chi connectivity index (χ2n) is 7.06. The molecule has 5 rings (SSSR count). The number of anilines is 1. The molecule has 0 aliphatic heterocycles. The van der Waals surface area contributed by atoms with Gasteiger partial charge < -0.3 is 20.1 Å². The maximum absolute atomic E-state index is 10.4. The number of nitrogens with zero attached hydrogens (tertiary/aromatic N) is 4. The van der Waals surface area contributed by atoms with E-state index in [1.165, 1.54) is 6.33 Å². The van der Waals surface area contributed by atoms with Crippen molar-refractivity contribution in [3.8, 4) is 0 Å². The minimum absolute atomic E-state index is 0.185. The number of nitrogens with one attached hydrogen (secondary N) is 1. The molecule has 3 N–H and O–H groups in total. The van der Waals surface area contributed by atoms with E-state index in [1.807, 2.05) is 28.8 Å². The van der Waals surface area contributed by atoms with Crippen LogP contribution >= 0.6 is 11.6 Å². The monoisotopic (exact) mass is 371 g/mol. The Bertz CT molecular complexity index is 977. The Morgan fingerprint density at radius 2 is 2.04 bits per heavy atom. The molecule has 2 fully saturated rings. The molecule has 5 atom stereocenters. The molecule has 0 saturated heterocycles. The molecule has 2 aliphatic rings. The van der Waals surface area contributed by atoms with Gasteiger partial charge in [-0.2, -0.15) is 0 Å². The zero-order valence-corrected chi connectivity index (χ0v) is 14.6. The van der Waals surface area contributed by atoms with Crippen molar-refractivity contribution in [1.82, 2.24) is 19.5 Å². The van der Waals surface area contributed by atoms with Crippen molar-refractivity contribution in [1.29, 1.82) is 0 Å². The minimum atomic E-state index is -0.783. The third-order valence-corrected chi connectivity index (χ3v) is 5.73. The van der Waals surface area contributed by atoms with Gasteiger partial charge in [0.1, 0.15) is 17.9 Å². The molecule has 0 amide bonds. The van der Waals surface area contributed by atoms with E-state index in [1.54, 1.807) is 6.33 Å². The molecule has 8 heteroatoms. The fourth-order valence-corrected chi connectivity index (χ4v) is 4.35. The van der Waals surface area contributed by atoms with Crippen LogP contribution in [0.2, 0.25) is 5.02 Å². The van der Waals surface area contributed by atoms with E-state index in [0.717, 1.165) is 12.0 Å². The van der Waals surface area contributed by atoms with E-state index in [2.05, 4.69) is 20.3 Å². The summed E-state index contributed by atoms with van der Waals surface area (Å²) >= 11 is 6.03. The van der Waals surface area contributed by atoms with Crippen molar-refractivity contribution in [3.05, 3.63) is 47.5 Å². The van der Waals surface area contributed by atoms with Gasteiger partial charge in [0.25, 0.3) is 0 Å². The number of rotatable bonds is 4. The van der Waals surface area contributed by atoms with Crippen LogP contribution < -0.4 is 5.32 Å². The fourth-order valence-electron chi connectivity index (χ4n) is 4.13. The van der Waals surface area contributed by atoms with E-state index in [-0.39, 0.29) is 17.9 Å². The van der Waals surface area contributed by atoms with Crippen LogP contribution in [0.5, 0.6) is 0 Å². The molecule has 7 nitrogen and oxygen atoms in total. The van der Waals surface area contributed by atoms with Gasteiger partial charge in [0, 0.05) is 11.6 Å². The lowest BCUT2D eigenvalue weighted by molar-refractivity contribution is 0.00386. The Balaban J connectivity index is 1.44. The molecular formula is C18H18ClN5O2. The summed E-state index contributed by atoms with van der Waals surface area (Å²) in [6, 6.07) is 7.44. The molecular weight excluding hydrogens is 354 g/mol. The topological polar surface area (TPSA) is 96.1 Å². The molecule has 0 spiro atoms. The van der Waals surface area contributed by atoms with Crippen molar-refractivity contribution in [2.45, 2.75) is 31.2 Å².